The van der Waals surface area contributed by atoms with Crippen molar-refractivity contribution in [1.82, 2.24) is 19.5 Å². The van der Waals surface area contributed by atoms with Crippen molar-refractivity contribution in [3.05, 3.63) is 58.5 Å². The van der Waals surface area contributed by atoms with Crippen LogP contribution in [0.25, 0.3) is 5.65 Å². The number of amides is 1. The number of aryl methyl sites for hydroxylation is 1. The molecular weight excluding hydrogens is 284 g/mol. The molecular formula is C15H16N4O3. The summed E-state index contributed by atoms with van der Waals surface area (Å²) in [5.41, 5.74) is 0.169. The Hall–Kier alpha value is -2.83. The average Bonchev–Trinajstić information content (AvgIpc) is 3.04. The highest BCUT2D eigenvalue weighted by Crippen LogP contribution is 2.15. The Morgan fingerprint density at radius 2 is 2.18 bits per heavy atom. The molecule has 7 heteroatoms. The minimum Gasteiger partial charge on any atom is -0.464 e. The Morgan fingerprint density at radius 1 is 1.36 bits per heavy atom. The first-order valence-electron chi connectivity index (χ1n) is 6.94. The van der Waals surface area contributed by atoms with E-state index in [1.807, 2.05) is 26.0 Å². The molecule has 0 bridgehead atoms. The molecule has 22 heavy (non-hydrogen) atoms. The van der Waals surface area contributed by atoms with Crippen LogP contribution in [0.15, 0.2) is 45.7 Å². The van der Waals surface area contributed by atoms with Crippen LogP contribution >= 0.6 is 0 Å². The quantitative estimate of drug-likeness (QED) is 0.787. The van der Waals surface area contributed by atoms with E-state index >= 15 is 0 Å². The first kappa shape index (κ1) is 14.1. The molecule has 7 nitrogen and oxygen atoms in total. The fourth-order valence-electron chi connectivity index (χ4n) is 2.25. The van der Waals surface area contributed by atoms with E-state index in [0.717, 1.165) is 10.4 Å². The van der Waals surface area contributed by atoms with Gasteiger partial charge < -0.3 is 9.73 Å². The SMILES string of the molecule is Cc1ccc(C(C)NC(=O)Cn2nc3ccccn3c2=O)o1. The molecule has 0 aliphatic rings. The topological polar surface area (TPSA) is 81.5 Å². The molecule has 3 rings (SSSR count). The summed E-state index contributed by atoms with van der Waals surface area (Å²) in [5, 5.41) is 6.91. The van der Waals surface area contributed by atoms with Crippen molar-refractivity contribution in [2.24, 2.45) is 0 Å². The van der Waals surface area contributed by atoms with Gasteiger partial charge in [-0.25, -0.2) is 9.48 Å². The molecule has 1 N–H and O–H groups in total. The monoisotopic (exact) mass is 300 g/mol. The van der Waals surface area contributed by atoms with E-state index in [9.17, 15) is 9.59 Å². The Morgan fingerprint density at radius 3 is 2.86 bits per heavy atom. The summed E-state index contributed by atoms with van der Waals surface area (Å²) in [6.45, 7) is 3.53. The van der Waals surface area contributed by atoms with Crippen LogP contribution in [-0.2, 0) is 11.3 Å². The summed E-state index contributed by atoms with van der Waals surface area (Å²) in [6, 6.07) is 8.62. The van der Waals surface area contributed by atoms with Gasteiger partial charge in [0.2, 0.25) is 5.91 Å². The number of hydrogen-bond donors (Lipinski definition) is 1. The molecule has 3 heterocycles. The Bertz CT molecular complexity index is 874. The number of nitrogens with one attached hydrogen (secondary N) is 1. The maximum Gasteiger partial charge on any atom is 0.350 e. The van der Waals surface area contributed by atoms with Gasteiger partial charge in [0, 0.05) is 6.20 Å². The normalized spacial score (nSPS) is 12.5. The second kappa shape index (κ2) is 5.51. The fourth-order valence-corrected chi connectivity index (χ4v) is 2.25. The Kier molecular flexibility index (Phi) is 3.54. The molecule has 0 aromatic carbocycles. The third-order valence-electron chi connectivity index (χ3n) is 3.35. The number of furan rings is 1. The van der Waals surface area contributed by atoms with E-state index in [-0.39, 0.29) is 24.2 Å². The predicted molar refractivity (Wildman–Crippen MR) is 79.5 cm³/mol. The number of aromatic nitrogens is 3. The molecule has 0 spiro atoms. The van der Waals surface area contributed by atoms with Gasteiger partial charge in [-0.05, 0) is 38.1 Å². The van der Waals surface area contributed by atoms with Gasteiger partial charge in [0.15, 0.2) is 5.65 Å². The van der Waals surface area contributed by atoms with Crippen molar-refractivity contribution in [2.75, 3.05) is 0 Å². The lowest BCUT2D eigenvalue weighted by molar-refractivity contribution is -0.122. The molecule has 114 valence electrons. The number of pyridine rings is 1. The van der Waals surface area contributed by atoms with Crippen LogP contribution in [0.3, 0.4) is 0 Å². The third kappa shape index (κ3) is 2.65. The number of carbonyl (C=O) groups excluding carboxylic acids is 1. The molecule has 3 aromatic heterocycles. The Labute approximate surface area is 126 Å². The fraction of sp³-hybridized carbons (Fsp3) is 0.267. The van der Waals surface area contributed by atoms with Crippen LogP contribution < -0.4 is 11.0 Å². The standard InChI is InChI=1S/C15H16N4O3/c1-10-6-7-12(22-10)11(2)16-14(20)9-19-15(21)18-8-4-3-5-13(18)17-19/h3-8,11H,9H2,1-2H3,(H,16,20). The summed E-state index contributed by atoms with van der Waals surface area (Å²) in [5.74, 6) is 1.16. The van der Waals surface area contributed by atoms with E-state index in [4.69, 9.17) is 4.42 Å². The number of nitrogens with zero attached hydrogens (tertiary/aromatic N) is 3. The zero-order valence-electron chi connectivity index (χ0n) is 12.3. The number of rotatable bonds is 4. The summed E-state index contributed by atoms with van der Waals surface area (Å²) < 4.78 is 8.00. The van der Waals surface area contributed by atoms with Gasteiger partial charge in [0.05, 0.1) is 6.04 Å². The first-order chi connectivity index (χ1) is 10.5. The van der Waals surface area contributed by atoms with Crippen molar-refractivity contribution < 1.29 is 9.21 Å². The number of carbonyl (C=O) groups is 1. The maximum atomic E-state index is 12.1. The highest BCUT2D eigenvalue weighted by atomic mass is 16.3. The van der Waals surface area contributed by atoms with Gasteiger partial charge in [0.25, 0.3) is 0 Å². The average molecular weight is 300 g/mol. The maximum absolute atomic E-state index is 12.1. The van der Waals surface area contributed by atoms with Crippen molar-refractivity contribution >= 4 is 11.6 Å². The lowest BCUT2D eigenvalue weighted by Gasteiger charge is -2.11. The van der Waals surface area contributed by atoms with Gasteiger partial charge in [0.1, 0.15) is 18.1 Å². The first-order valence-corrected chi connectivity index (χ1v) is 6.94. The van der Waals surface area contributed by atoms with Gasteiger partial charge >= 0.3 is 5.69 Å². The summed E-state index contributed by atoms with van der Waals surface area (Å²) in [7, 11) is 0. The molecule has 0 radical (unpaired) electrons. The minimum atomic E-state index is -0.341. The minimum absolute atomic E-state index is 0.134. The van der Waals surface area contributed by atoms with E-state index in [1.165, 1.54) is 4.40 Å². The largest absolute Gasteiger partial charge is 0.464 e. The van der Waals surface area contributed by atoms with Crippen molar-refractivity contribution in [1.29, 1.82) is 0 Å². The number of fused-ring (bicyclic) bond motifs is 1. The molecule has 1 atom stereocenters. The summed E-state index contributed by atoms with van der Waals surface area (Å²) in [4.78, 5) is 24.2. The zero-order chi connectivity index (χ0) is 15.7. The molecule has 1 amide bonds. The highest BCUT2D eigenvalue weighted by molar-refractivity contribution is 5.76. The molecule has 0 saturated heterocycles. The second-order valence-electron chi connectivity index (χ2n) is 5.11. The van der Waals surface area contributed by atoms with Gasteiger partial charge in [-0.15, -0.1) is 5.10 Å². The molecule has 0 aliphatic heterocycles. The van der Waals surface area contributed by atoms with E-state index in [2.05, 4.69) is 10.4 Å². The Balaban J connectivity index is 1.73. The predicted octanol–water partition coefficient (Wildman–Crippen LogP) is 1.27. The summed E-state index contributed by atoms with van der Waals surface area (Å²) in [6.07, 6.45) is 1.62. The zero-order valence-corrected chi connectivity index (χ0v) is 12.3. The van der Waals surface area contributed by atoms with Crippen LogP contribution in [0.4, 0.5) is 0 Å². The van der Waals surface area contributed by atoms with Crippen molar-refractivity contribution in [3.8, 4) is 0 Å². The highest BCUT2D eigenvalue weighted by Gasteiger charge is 2.15. The summed E-state index contributed by atoms with van der Waals surface area (Å²) >= 11 is 0. The smallest absolute Gasteiger partial charge is 0.350 e. The molecule has 0 fully saturated rings. The molecule has 0 aliphatic carbocycles. The molecule has 3 aromatic rings. The van der Waals surface area contributed by atoms with Crippen LogP contribution in [-0.4, -0.2) is 20.1 Å². The number of hydrogen-bond acceptors (Lipinski definition) is 4. The van der Waals surface area contributed by atoms with Gasteiger partial charge in [-0.1, -0.05) is 6.07 Å². The van der Waals surface area contributed by atoms with Crippen LogP contribution in [0.2, 0.25) is 0 Å². The van der Waals surface area contributed by atoms with Crippen molar-refractivity contribution in [3.63, 3.8) is 0 Å². The van der Waals surface area contributed by atoms with E-state index < -0.39 is 0 Å². The van der Waals surface area contributed by atoms with Crippen molar-refractivity contribution in [2.45, 2.75) is 26.4 Å². The molecule has 1 unspecified atom stereocenters. The van der Waals surface area contributed by atoms with E-state index in [0.29, 0.717) is 11.4 Å². The van der Waals surface area contributed by atoms with Gasteiger partial charge in [-0.2, -0.15) is 0 Å². The lowest BCUT2D eigenvalue weighted by Crippen LogP contribution is -2.34. The second-order valence-corrected chi connectivity index (χ2v) is 5.11. The van der Waals surface area contributed by atoms with Gasteiger partial charge in [-0.3, -0.25) is 9.20 Å². The third-order valence-corrected chi connectivity index (χ3v) is 3.35. The van der Waals surface area contributed by atoms with Crippen LogP contribution in [0.5, 0.6) is 0 Å². The van der Waals surface area contributed by atoms with E-state index in [1.54, 1.807) is 24.4 Å². The molecule has 0 saturated carbocycles. The lowest BCUT2D eigenvalue weighted by atomic mass is 10.2. The van der Waals surface area contributed by atoms with Crippen LogP contribution in [0.1, 0.15) is 24.5 Å². The van der Waals surface area contributed by atoms with Crippen LogP contribution in [0, 0.1) is 6.92 Å².